The number of benzene rings is 1. The normalized spacial score (nSPS) is 14.6. The van der Waals surface area contributed by atoms with Gasteiger partial charge >= 0.3 is 0 Å². The molecule has 0 bridgehead atoms. The van der Waals surface area contributed by atoms with E-state index < -0.39 is 0 Å². The number of halogens is 2. The summed E-state index contributed by atoms with van der Waals surface area (Å²) in [7, 11) is 0. The third-order valence-corrected chi connectivity index (χ3v) is 4.52. The largest absolute Gasteiger partial charge is 0.395 e. The molecule has 2 nitrogen and oxygen atoms in total. The Hall–Kier alpha value is 0.0700. The van der Waals surface area contributed by atoms with Gasteiger partial charge in [0.25, 0.3) is 0 Å². The van der Waals surface area contributed by atoms with Gasteiger partial charge < -0.3 is 10.8 Å². The summed E-state index contributed by atoms with van der Waals surface area (Å²) in [6.07, 6.45) is 1.89. The molecule has 0 aliphatic rings. The van der Waals surface area contributed by atoms with Gasteiger partial charge in [-0.2, -0.15) is 0 Å². The fourth-order valence-electron chi connectivity index (χ4n) is 1.51. The summed E-state index contributed by atoms with van der Waals surface area (Å²) < 4.78 is 0. The summed E-state index contributed by atoms with van der Waals surface area (Å²) in [5.74, 6) is 0. The van der Waals surface area contributed by atoms with E-state index in [1.807, 2.05) is 0 Å². The molecule has 2 atom stereocenters. The van der Waals surface area contributed by atoms with Crippen molar-refractivity contribution in [2.24, 2.45) is 5.73 Å². The van der Waals surface area contributed by atoms with E-state index >= 15 is 0 Å². The molecule has 0 radical (unpaired) electrons. The van der Waals surface area contributed by atoms with Crippen LogP contribution in [0.15, 0.2) is 23.1 Å². The van der Waals surface area contributed by atoms with Crippen molar-refractivity contribution in [3.8, 4) is 0 Å². The molecule has 0 heterocycles. The molecule has 3 N–H and O–H groups in total. The number of aliphatic hydroxyl groups excluding tert-OH is 1. The van der Waals surface area contributed by atoms with Gasteiger partial charge in [0.1, 0.15) is 0 Å². The predicted octanol–water partition coefficient (Wildman–Crippen LogP) is 3.57. The molecule has 0 aromatic heterocycles. The third kappa shape index (κ3) is 4.68. The minimum absolute atomic E-state index is 0.0364. The fourth-order valence-corrected chi connectivity index (χ4v) is 3.09. The Bertz CT molecular complexity index is 362. The molecule has 0 spiro atoms. The van der Waals surface area contributed by atoms with Crippen molar-refractivity contribution in [3.05, 3.63) is 28.2 Å². The first-order valence-electron chi connectivity index (χ1n) is 5.56. The van der Waals surface area contributed by atoms with Gasteiger partial charge in [-0.1, -0.05) is 36.5 Å². The molecule has 0 saturated carbocycles. The van der Waals surface area contributed by atoms with Crippen LogP contribution in [0, 0.1) is 0 Å². The van der Waals surface area contributed by atoms with Crippen LogP contribution in [0.2, 0.25) is 10.0 Å². The first kappa shape index (κ1) is 15.1. The monoisotopic (exact) mass is 293 g/mol. The third-order valence-electron chi connectivity index (χ3n) is 2.45. The highest BCUT2D eigenvalue weighted by Gasteiger charge is 2.18. The van der Waals surface area contributed by atoms with Crippen LogP contribution in [0.25, 0.3) is 0 Å². The van der Waals surface area contributed by atoms with Crippen molar-refractivity contribution in [2.75, 3.05) is 6.61 Å². The van der Waals surface area contributed by atoms with Crippen LogP contribution in [0.4, 0.5) is 0 Å². The van der Waals surface area contributed by atoms with E-state index in [1.165, 1.54) is 11.8 Å². The first-order chi connectivity index (χ1) is 8.08. The molecule has 2 unspecified atom stereocenters. The molecule has 0 fully saturated rings. The van der Waals surface area contributed by atoms with Gasteiger partial charge in [0.2, 0.25) is 0 Å². The summed E-state index contributed by atoms with van der Waals surface area (Å²) in [4.78, 5) is 0.866. The summed E-state index contributed by atoms with van der Waals surface area (Å²) in [6.45, 7) is 2.11. The highest BCUT2D eigenvalue weighted by atomic mass is 35.5. The van der Waals surface area contributed by atoms with Crippen molar-refractivity contribution in [2.45, 2.75) is 36.0 Å². The summed E-state index contributed by atoms with van der Waals surface area (Å²) >= 11 is 13.5. The van der Waals surface area contributed by atoms with Crippen LogP contribution in [0.1, 0.15) is 19.8 Å². The maximum atomic E-state index is 9.37. The number of aliphatic hydroxyl groups is 1. The smallest absolute Gasteiger partial charge is 0.0568 e. The second kappa shape index (κ2) is 7.49. The topological polar surface area (TPSA) is 46.2 Å². The van der Waals surface area contributed by atoms with Gasteiger partial charge in [-0.05, 0) is 24.6 Å². The lowest BCUT2D eigenvalue weighted by molar-refractivity contribution is 0.279. The Morgan fingerprint density at radius 3 is 2.71 bits per heavy atom. The highest BCUT2D eigenvalue weighted by molar-refractivity contribution is 8.00. The van der Waals surface area contributed by atoms with Crippen molar-refractivity contribution >= 4 is 35.0 Å². The first-order valence-corrected chi connectivity index (χ1v) is 7.20. The van der Waals surface area contributed by atoms with Gasteiger partial charge in [-0.3, -0.25) is 0 Å². The van der Waals surface area contributed by atoms with Crippen molar-refractivity contribution in [3.63, 3.8) is 0 Å². The number of hydrogen-bond acceptors (Lipinski definition) is 3. The van der Waals surface area contributed by atoms with Crippen molar-refractivity contribution in [1.29, 1.82) is 0 Å². The van der Waals surface area contributed by atoms with E-state index in [2.05, 4.69) is 6.92 Å². The molecule has 0 aliphatic heterocycles. The van der Waals surface area contributed by atoms with Crippen LogP contribution < -0.4 is 5.73 Å². The quantitative estimate of drug-likeness (QED) is 0.788. The number of hydrogen-bond donors (Lipinski definition) is 2. The minimum atomic E-state index is -0.0501. The van der Waals surface area contributed by atoms with E-state index in [1.54, 1.807) is 18.2 Å². The lowest BCUT2D eigenvalue weighted by atomic mass is 10.1. The molecule has 1 aromatic rings. The van der Waals surface area contributed by atoms with E-state index in [0.29, 0.717) is 10.0 Å². The molecule has 1 aromatic carbocycles. The van der Waals surface area contributed by atoms with Crippen LogP contribution in [-0.4, -0.2) is 23.0 Å². The van der Waals surface area contributed by atoms with Gasteiger partial charge in [-0.25, -0.2) is 0 Å². The van der Waals surface area contributed by atoms with Gasteiger partial charge in [-0.15, -0.1) is 11.8 Å². The second-order valence-corrected chi connectivity index (χ2v) is 5.99. The number of rotatable bonds is 6. The van der Waals surface area contributed by atoms with E-state index in [4.69, 9.17) is 28.9 Å². The molecule has 96 valence electrons. The zero-order chi connectivity index (χ0) is 12.8. The fraction of sp³-hybridized carbons (Fsp3) is 0.500. The molecule has 0 saturated heterocycles. The maximum Gasteiger partial charge on any atom is 0.0568 e. The Morgan fingerprint density at radius 2 is 2.12 bits per heavy atom. The SMILES string of the molecule is CCCC(N)C(CO)Sc1cc(Cl)ccc1Cl. The van der Waals surface area contributed by atoms with Gasteiger partial charge in [0.15, 0.2) is 0 Å². The average Bonchev–Trinajstić information content (AvgIpc) is 2.30. The molecule has 5 heteroatoms. The van der Waals surface area contributed by atoms with Crippen LogP contribution in [0.5, 0.6) is 0 Å². The number of nitrogens with two attached hydrogens (primary N) is 1. The Labute approximate surface area is 116 Å². The highest BCUT2D eigenvalue weighted by Crippen LogP contribution is 2.33. The standard InChI is InChI=1S/C12H17Cl2NOS/c1-2-3-10(15)12(7-16)17-11-6-8(13)4-5-9(11)14/h4-6,10,12,16H,2-3,7,15H2,1H3. The molecular formula is C12H17Cl2NOS. The van der Waals surface area contributed by atoms with Crippen LogP contribution in [0.3, 0.4) is 0 Å². The van der Waals surface area contributed by atoms with Crippen molar-refractivity contribution < 1.29 is 5.11 Å². The average molecular weight is 294 g/mol. The minimum Gasteiger partial charge on any atom is -0.395 e. The van der Waals surface area contributed by atoms with Gasteiger partial charge in [0, 0.05) is 21.2 Å². The summed E-state index contributed by atoms with van der Waals surface area (Å²) in [5, 5.41) is 10.6. The van der Waals surface area contributed by atoms with E-state index in [0.717, 1.165) is 17.7 Å². The number of thioether (sulfide) groups is 1. The molecule has 0 aliphatic carbocycles. The predicted molar refractivity (Wildman–Crippen MR) is 76.1 cm³/mol. The summed E-state index contributed by atoms with van der Waals surface area (Å²) in [6, 6.07) is 5.26. The molecule has 0 amide bonds. The Balaban J connectivity index is 2.76. The zero-order valence-corrected chi connectivity index (χ0v) is 12.0. The Kier molecular flexibility index (Phi) is 6.67. The molecule has 1 rings (SSSR count). The van der Waals surface area contributed by atoms with Crippen LogP contribution >= 0.6 is 35.0 Å². The summed E-state index contributed by atoms with van der Waals surface area (Å²) in [5.41, 5.74) is 6.02. The zero-order valence-electron chi connectivity index (χ0n) is 9.70. The van der Waals surface area contributed by atoms with Gasteiger partial charge in [0.05, 0.1) is 11.6 Å². The maximum absolute atomic E-state index is 9.37. The van der Waals surface area contributed by atoms with Crippen molar-refractivity contribution in [1.82, 2.24) is 0 Å². The lowest BCUT2D eigenvalue weighted by Gasteiger charge is -2.21. The molecular weight excluding hydrogens is 277 g/mol. The van der Waals surface area contributed by atoms with E-state index in [9.17, 15) is 5.11 Å². The van der Waals surface area contributed by atoms with E-state index in [-0.39, 0.29) is 17.9 Å². The Morgan fingerprint density at radius 1 is 1.41 bits per heavy atom. The van der Waals surface area contributed by atoms with Crippen LogP contribution in [-0.2, 0) is 0 Å². The molecule has 17 heavy (non-hydrogen) atoms. The lowest BCUT2D eigenvalue weighted by Crippen LogP contribution is -2.34. The second-order valence-electron chi connectivity index (χ2n) is 3.87.